The number of hydrogen-bond acceptors (Lipinski definition) is 10. The van der Waals surface area contributed by atoms with Crippen LogP contribution in [0, 0.1) is 5.95 Å². The second-order valence-corrected chi connectivity index (χ2v) is 13.4. The number of hydrogen-bond donors (Lipinski definition) is 0. The van der Waals surface area contributed by atoms with Gasteiger partial charge in [-0.05, 0) is 76.1 Å². The van der Waals surface area contributed by atoms with Crippen molar-refractivity contribution in [3.05, 3.63) is 36.3 Å². The number of carbonyl (C=O) groups excluding carboxylic acids is 1. The summed E-state index contributed by atoms with van der Waals surface area (Å²) in [5.41, 5.74) is 1.30. The molecular formula is C31H37F2N5O5S. The van der Waals surface area contributed by atoms with E-state index in [1.165, 1.54) is 31.6 Å². The number of pyridine rings is 1. The Kier molecular flexibility index (Phi) is 8.35. The van der Waals surface area contributed by atoms with Crippen LogP contribution in [0.15, 0.2) is 30.3 Å². The summed E-state index contributed by atoms with van der Waals surface area (Å²) in [7, 11) is 2.96. The van der Waals surface area contributed by atoms with Crippen molar-refractivity contribution >= 4 is 22.6 Å². The molecule has 6 rings (SSSR count). The predicted molar refractivity (Wildman–Crippen MR) is 161 cm³/mol. The van der Waals surface area contributed by atoms with Crippen LogP contribution in [0.5, 0.6) is 11.6 Å². The molecule has 1 amide bonds. The number of methoxy groups -OCH3 is 2. The third-order valence-electron chi connectivity index (χ3n) is 8.19. The Balaban J connectivity index is 1.28. The molecule has 0 radical (unpaired) electrons. The van der Waals surface area contributed by atoms with Crippen molar-refractivity contribution in [3.8, 4) is 33.3 Å². The second-order valence-electron chi connectivity index (χ2n) is 12.4. The maximum absolute atomic E-state index is 16.3. The Morgan fingerprint density at radius 2 is 1.89 bits per heavy atom. The van der Waals surface area contributed by atoms with E-state index in [0.29, 0.717) is 45.4 Å². The Bertz CT molecular complexity index is 1510. The van der Waals surface area contributed by atoms with Crippen LogP contribution in [0.1, 0.15) is 52.9 Å². The van der Waals surface area contributed by atoms with Crippen LogP contribution < -0.4 is 14.4 Å². The van der Waals surface area contributed by atoms with Crippen molar-refractivity contribution in [2.75, 3.05) is 25.9 Å². The molecule has 1 aliphatic carbocycles. The number of piperidine rings is 1. The van der Waals surface area contributed by atoms with Gasteiger partial charge in [0.25, 0.3) is 0 Å². The molecule has 10 nitrogen and oxygen atoms in total. The molecule has 1 saturated carbocycles. The topological polar surface area (TPSA) is 99.1 Å². The van der Waals surface area contributed by atoms with Gasteiger partial charge in [-0.15, -0.1) is 10.2 Å². The molecule has 4 heterocycles. The van der Waals surface area contributed by atoms with Gasteiger partial charge in [0, 0.05) is 31.3 Å². The van der Waals surface area contributed by atoms with E-state index in [2.05, 4.69) is 20.1 Å². The highest BCUT2D eigenvalue weighted by Gasteiger charge is 2.54. The van der Waals surface area contributed by atoms with Gasteiger partial charge in [0.15, 0.2) is 11.8 Å². The minimum atomic E-state index is -1.24. The number of anilines is 1. The molecule has 2 aromatic heterocycles. The van der Waals surface area contributed by atoms with E-state index in [1.54, 1.807) is 17.0 Å². The van der Waals surface area contributed by atoms with Gasteiger partial charge >= 0.3 is 6.09 Å². The third-order valence-corrected chi connectivity index (χ3v) is 9.16. The SMILES string of the molecule is COCOc1cc(-c2cc(F)nc(OC)c2)ccc1-c1nnc(N(C2CC2)[C@@H]2C[C@H]3CC[C@@H]([C@@H]2F)N3C(=O)OC(C)(C)C)s1. The fourth-order valence-electron chi connectivity index (χ4n) is 6.20. The summed E-state index contributed by atoms with van der Waals surface area (Å²) in [4.78, 5) is 20.5. The lowest BCUT2D eigenvalue weighted by Gasteiger charge is -2.45. The third kappa shape index (κ3) is 6.16. The van der Waals surface area contributed by atoms with Crippen molar-refractivity contribution in [2.45, 2.75) is 88.8 Å². The summed E-state index contributed by atoms with van der Waals surface area (Å²) in [6, 6.07) is 7.58. The fraction of sp³-hybridized carbons (Fsp3) is 0.548. The molecule has 236 valence electrons. The molecule has 2 bridgehead atoms. The number of aromatic nitrogens is 3. The van der Waals surface area contributed by atoms with Gasteiger partial charge in [-0.25, -0.2) is 9.18 Å². The molecule has 2 saturated heterocycles. The number of carbonyl (C=O) groups is 1. The Morgan fingerprint density at radius 3 is 2.59 bits per heavy atom. The largest absolute Gasteiger partial charge is 0.481 e. The van der Waals surface area contributed by atoms with Crippen molar-refractivity contribution in [1.29, 1.82) is 0 Å². The van der Waals surface area contributed by atoms with Crippen LogP contribution in [-0.2, 0) is 9.47 Å². The molecule has 44 heavy (non-hydrogen) atoms. The van der Waals surface area contributed by atoms with Gasteiger partial charge in [0.1, 0.15) is 17.5 Å². The summed E-state index contributed by atoms with van der Waals surface area (Å²) >= 11 is 1.37. The first-order valence-electron chi connectivity index (χ1n) is 14.8. The van der Waals surface area contributed by atoms with Crippen molar-refractivity contribution in [1.82, 2.24) is 20.1 Å². The van der Waals surface area contributed by atoms with Crippen LogP contribution in [0.2, 0.25) is 0 Å². The zero-order valence-corrected chi connectivity index (χ0v) is 26.3. The molecule has 0 spiro atoms. The molecule has 0 N–H and O–H groups in total. The number of halogens is 2. The molecule has 0 unspecified atom stereocenters. The highest BCUT2D eigenvalue weighted by Crippen LogP contribution is 2.46. The second kappa shape index (κ2) is 12.1. The number of rotatable bonds is 9. The zero-order chi connectivity index (χ0) is 31.2. The van der Waals surface area contributed by atoms with Gasteiger partial charge < -0.3 is 23.8 Å². The average Bonchev–Trinajstić information content (AvgIpc) is 3.58. The van der Waals surface area contributed by atoms with E-state index >= 15 is 4.39 Å². The summed E-state index contributed by atoms with van der Waals surface area (Å²) in [5, 5.41) is 10.3. The molecular weight excluding hydrogens is 592 g/mol. The van der Waals surface area contributed by atoms with Crippen LogP contribution >= 0.6 is 11.3 Å². The highest BCUT2D eigenvalue weighted by atomic mass is 32.1. The lowest BCUT2D eigenvalue weighted by Crippen LogP contribution is -2.60. The molecule has 1 aromatic carbocycles. The Labute approximate surface area is 259 Å². The van der Waals surface area contributed by atoms with Crippen molar-refractivity contribution < 1.29 is 32.5 Å². The van der Waals surface area contributed by atoms with E-state index in [-0.39, 0.29) is 24.8 Å². The number of amides is 1. The minimum Gasteiger partial charge on any atom is -0.481 e. The van der Waals surface area contributed by atoms with Crippen molar-refractivity contribution in [3.63, 3.8) is 0 Å². The first-order chi connectivity index (χ1) is 21.1. The quantitative estimate of drug-likeness (QED) is 0.201. The molecule has 3 aromatic rings. The van der Waals surface area contributed by atoms with Crippen LogP contribution in [0.4, 0.5) is 18.7 Å². The van der Waals surface area contributed by atoms with Gasteiger partial charge in [-0.1, -0.05) is 17.4 Å². The smallest absolute Gasteiger partial charge is 0.410 e. The number of benzene rings is 1. The van der Waals surface area contributed by atoms with Gasteiger partial charge in [0.05, 0.1) is 24.8 Å². The highest BCUT2D eigenvalue weighted by molar-refractivity contribution is 7.18. The molecule has 2 aliphatic heterocycles. The molecule has 3 fully saturated rings. The molecule has 4 atom stereocenters. The Hall–Kier alpha value is -3.58. The lowest BCUT2D eigenvalue weighted by molar-refractivity contribution is -0.0108. The van der Waals surface area contributed by atoms with E-state index in [4.69, 9.17) is 18.9 Å². The molecule has 3 aliphatic rings. The summed E-state index contributed by atoms with van der Waals surface area (Å²) in [6.45, 7) is 5.46. The zero-order valence-electron chi connectivity index (χ0n) is 25.5. The first kappa shape index (κ1) is 30.4. The van der Waals surface area contributed by atoms with E-state index in [0.717, 1.165) is 19.3 Å². The standard InChI is InChI=1S/C31H37F2N5O5S/c1-31(2,3)43-30(39)38-20-9-11-22(38)27(33)23(15-20)37(19-7-8-19)29-36-35-28(44-29)21-10-6-17(12-24(21)42-16-40-4)18-13-25(32)34-26(14-18)41-5/h6,10,12-14,19-20,22-23,27H,7-9,11,15-16H2,1-5H3/t20-,22+,23-,27+/m1/s1. The van der Waals surface area contributed by atoms with Crippen LogP contribution in [0.25, 0.3) is 21.7 Å². The van der Waals surface area contributed by atoms with E-state index in [1.807, 2.05) is 32.9 Å². The predicted octanol–water partition coefficient (Wildman–Crippen LogP) is 6.24. The summed E-state index contributed by atoms with van der Waals surface area (Å²) in [6.07, 6.45) is 2.08. The summed E-state index contributed by atoms with van der Waals surface area (Å²) in [5.74, 6) is -0.0181. The van der Waals surface area contributed by atoms with Gasteiger partial charge in [-0.3, -0.25) is 4.90 Å². The Morgan fingerprint density at radius 1 is 1.09 bits per heavy atom. The van der Waals surface area contributed by atoms with Crippen molar-refractivity contribution in [2.24, 2.45) is 0 Å². The summed E-state index contributed by atoms with van der Waals surface area (Å²) < 4.78 is 52.3. The average molecular weight is 630 g/mol. The fourth-order valence-corrected chi connectivity index (χ4v) is 7.21. The van der Waals surface area contributed by atoms with E-state index < -0.39 is 35.9 Å². The number of alkyl halides is 1. The van der Waals surface area contributed by atoms with E-state index in [9.17, 15) is 9.18 Å². The first-order valence-corrected chi connectivity index (χ1v) is 15.6. The lowest BCUT2D eigenvalue weighted by atomic mass is 9.94. The number of ether oxygens (including phenoxy) is 4. The maximum atomic E-state index is 16.3. The molecule has 13 heteroatoms. The maximum Gasteiger partial charge on any atom is 0.410 e. The van der Waals surface area contributed by atoms with Crippen LogP contribution in [-0.4, -0.2) is 83.1 Å². The van der Waals surface area contributed by atoms with Crippen LogP contribution in [0.3, 0.4) is 0 Å². The number of fused-ring (bicyclic) bond motifs is 2. The van der Waals surface area contributed by atoms with Gasteiger partial charge in [-0.2, -0.15) is 9.37 Å². The van der Waals surface area contributed by atoms with Gasteiger partial charge in [0.2, 0.25) is 17.0 Å². The normalized spacial score (nSPS) is 23.0. The minimum absolute atomic E-state index is 0.00707. The number of nitrogens with zero attached hydrogens (tertiary/aromatic N) is 5. The monoisotopic (exact) mass is 629 g/mol.